The number of methoxy groups -OCH3 is 1. The number of esters is 1. The Hall–Kier alpha value is -1.38. The lowest BCUT2D eigenvalue weighted by molar-refractivity contribution is -0.148. The number of Topliss-reactive ketones (excluding diaryl/α,β-unsaturated/α-hetero) is 1. The van der Waals surface area contributed by atoms with Gasteiger partial charge in [-0.05, 0) is 25.8 Å². The first kappa shape index (κ1) is 12.7. The molecule has 1 rings (SSSR count). The number of carbonyl (C=O) groups excluding carboxylic acids is 2. The van der Waals surface area contributed by atoms with Crippen molar-refractivity contribution in [3.8, 4) is 0 Å². The second kappa shape index (κ2) is 5.10. The maximum Gasteiger partial charge on any atom is 0.309 e. The van der Waals surface area contributed by atoms with Gasteiger partial charge in [0.25, 0.3) is 0 Å². The molecule has 1 aliphatic carbocycles. The number of ketones is 1. The van der Waals surface area contributed by atoms with Crippen LogP contribution in [0.25, 0.3) is 0 Å². The summed E-state index contributed by atoms with van der Waals surface area (Å²) in [6, 6.07) is 0. The van der Waals surface area contributed by atoms with E-state index in [1.165, 1.54) is 19.6 Å². The molecule has 88 valence electrons. The van der Waals surface area contributed by atoms with Crippen LogP contribution in [0.2, 0.25) is 0 Å². The fourth-order valence-corrected chi connectivity index (χ4v) is 2.10. The Morgan fingerprint density at radius 1 is 1.44 bits per heavy atom. The molecule has 0 spiro atoms. The van der Waals surface area contributed by atoms with Gasteiger partial charge in [-0.2, -0.15) is 0 Å². The van der Waals surface area contributed by atoms with E-state index >= 15 is 0 Å². The van der Waals surface area contributed by atoms with Crippen LogP contribution in [0, 0.1) is 11.8 Å². The van der Waals surface area contributed by atoms with Crippen LogP contribution >= 0.6 is 0 Å². The van der Waals surface area contributed by atoms with Crippen molar-refractivity contribution in [3.05, 3.63) is 23.3 Å². The number of carbonyl (C=O) groups is 2. The fourth-order valence-electron chi connectivity index (χ4n) is 2.10. The summed E-state index contributed by atoms with van der Waals surface area (Å²) in [6.07, 6.45) is 4.87. The second-order valence-electron chi connectivity index (χ2n) is 4.30. The van der Waals surface area contributed by atoms with Crippen LogP contribution in [0.15, 0.2) is 23.3 Å². The van der Waals surface area contributed by atoms with Crippen molar-refractivity contribution in [2.24, 2.45) is 11.8 Å². The summed E-state index contributed by atoms with van der Waals surface area (Å²) in [6.45, 7) is 5.27. The monoisotopic (exact) mass is 222 g/mol. The minimum atomic E-state index is -0.420. The molecule has 0 N–H and O–H groups in total. The van der Waals surface area contributed by atoms with Crippen molar-refractivity contribution in [1.29, 1.82) is 0 Å². The molecule has 16 heavy (non-hydrogen) atoms. The highest BCUT2D eigenvalue weighted by Crippen LogP contribution is 2.30. The molecule has 0 aliphatic heterocycles. The smallest absolute Gasteiger partial charge is 0.309 e. The van der Waals surface area contributed by atoms with Gasteiger partial charge in [0.05, 0.1) is 18.9 Å². The molecule has 0 amide bonds. The summed E-state index contributed by atoms with van der Waals surface area (Å²) in [5, 5.41) is 0. The lowest BCUT2D eigenvalue weighted by Gasteiger charge is -2.19. The van der Waals surface area contributed by atoms with E-state index < -0.39 is 5.92 Å². The van der Waals surface area contributed by atoms with Crippen molar-refractivity contribution >= 4 is 11.8 Å². The molecule has 0 fully saturated rings. The Kier molecular flexibility index (Phi) is 4.05. The van der Waals surface area contributed by atoms with E-state index in [9.17, 15) is 9.59 Å². The van der Waals surface area contributed by atoms with Crippen molar-refractivity contribution in [1.82, 2.24) is 0 Å². The maximum atomic E-state index is 11.6. The molecule has 0 saturated carbocycles. The van der Waals surface area contributed by atoms with Gasteiger partial charge in [-0.15, -0.1) is 0 Å². The zero-order chi connectivity index (χ0) is 12.3. The first-order valence-electron chi connectivity index (χ1n) is 5.43. The predicted molar refractivity (Wildman–Crippen MR) is 61.8 cm³/mol. The van der Waals surface area contributed by atoms with Gasteiger partial charge < -0.3 is 4.74 Å². The van der Waals surface area contributed by atoms with E-state index in [-0.39, 0.29) is 17.7 Å². The zero-order valence-corrected chi connectivity index (χ0v) is 10.2. The number of rotatable bonds is 4. The molecule has 0 aromatic heterocycles. The topological polar surface area (TPSA) is 43.4 Å². The second-order valence-corrected chi connectivity index (χ2v) is 4.30. The average molecular weight is 222 g/mol. The quantitative estimate of drug-likeness (QED) is 0.685. The summed E-state index contributed by atoms with van der Waals surface area (Å²) in [5.41, 5.74) is 2.17. The molecule has 0 bridgehead atoms. The molecule has 0 aromatic rings. The largest absolute Gasteiger partial charge is 0.469 e. The molecule has 0 aromatic carbocycles. The average Bonchev–Trinajstić information content (AvgIpc) is 2.63. The molecule has 1 aliphatic rings. The van der Waals surface area contributed by atoms with Gasteiger partial charge in [0.2, 0.25) is 0 Å². The van der Waals surface area contributed by atoms with Gasteiger partial charge in [0, 0.05) is 0 Å². The van der Waals surface area contributed by atoms with Crippen LogP contribution in [0.3, 0.4) is 0 Å². The van der Waals surface area contributed by atoms with Crippen molar-refractivity contribution in [2.75, 3.05) is 7.11 Å². The first-order chi connectivity index (χ1) is 7.47. The van der Waals surface area contributed by atoms with Gasteiger partial charge in [-0.3, -0.25) is 9.59 Å². The van der Waals surface area contributed by atoms with Gasteiger partial charge in [0.15, 0.2) is 0 Å². The third-order valence-corrected chi connectivity index (χ3v) is 2.94. The molecular formula is C13H18O3. The lowest BCUT2D eigenvalue weighted by atomic mass is 9.84. The minimum Gasteiger partial charge on any atom is -0.469 e. The molecule has 0 radical (unpaired) electrons. The third kappa shape index (κ3) is 2.60. The highest BCUT2D eigenvalue weighted by Gasteiger charge is 2.31. The van der Waals surface area contributed by atoms with Crippen LogP contribution in [0.1, 0.15) is 27.2 Å². The van der Waals surface area contributed by atoms with Crippen molar-refractivity contribution < 1.29 is 14.3 Å². The summed E-state index contributed by atoms with van der Waals surface area (Å²) in [5.74, 6) is -1.12. The Morgan fingerprint density at radius 3 is 2.44 bits per heavy atom. The van der Waals surface area contributed by atoms with Crippen LogP contribution in [-0.2, 0) is 14.3 Å². The molecule has 2 atom stereocenters. The van der Waals surface area contributed by atoms with Gasteiger partial charge in [0.1, 0.15) is 5.78 Å². The Morgan fingerprint density at radius 2 is 2.06 bits per heavy atom. The van der Waals surface area contributed by atoms with Gasteiger partial charge in [-0.1, -0.05) is 24.6 Å². The van der Waals surface area contributed by atoms with Gasteiger partial charge in [-0.25, -0.2) is 0 Å². The molecular weight excluding hydrogens is 204 g/mol. The van der Waals surface area contributed by atoms with E-state index in [4.69, 9.17) is 4.74 Å². The maximum absolute atomic E-state index is 11.6. The molecule has 2 unspecified atom stereocenters. The summed E-state index contributed by atoms with van der Waals surface area (Å²) in [7, 11) is 1.35. The summed E-state index contributed by atoms with van der Waals surface area (Å²) >= 11 is 0. The third-order valence-electron chi connectivity index (χ3n) is 2.94. The molecule has 0 heterocycles. The van der Waals surface area contributed by atoms with Crippen molar-refractivity contribution in [2.45, 2.75) is 27.2 Å². The summed E-state index contributed by atoms with van der Waals surface area (Å²) in [4.78, 5) is 23.1. The number of ether oxygens (including phenoxy) is 1. The van der Waals surface area contributed by atoms with Crippen LogP contribution in [0.5, 0.6) is 0 Å². The van der Waals surface area contributed by atoms with Crippen molar-refractivity contribution in [3.63, 3.8) is 0 Å². The van der Waals surface area contributed by atoms with Crippen LogP contribution in [0.4, 0.5) is 0 Å². The molecule has 0 saturated heterocycles. The summed E-state index contributed by atoms with van der Waals surface area (Å²) < 4.78 is 4.69. The molecule has 3 heteroatoms. The van der Waals surface area contributed by atoms with Crippen LogP contribution < -0.4 is 0 Å². The highest BCUT2D eigenvalue weighted by atomic mass is 16.5. The Labute approximate surface area is 96.2 Å². The highest BCUT2D eigenvalue weighted by molar-refractivity contribution is 5.88. The SMILES string of the molecule is COC(=O)C(C)C(C(C)=O)C1=CCC(C)=C1. The lowest BCUT2D eigenvalue weighted by Crippen LogP contribution is -2.28. The van der Waals surface area contributed by atoms with E-state index in [1.54, 1.807) is 6.92 Å². The van der Waals surface area contributed by atoms with E-state index in [0.29, 0.717) is 0 Å². The standard InChI is InChI=1S/C13H18O3/c1-8-5-6-11(7-8)12(10(3)14)9(2)13(15)16-4/h6-7,9,12H,5H2,1-4H3. The normalized spacial score (nSPS) is 18.5. The Bertz CT molecular complexity index is 363. The van der Waals surface area contributed by atoms with E-state index in [2.05, 4.69) is 0 Å². The molecule has 3 nitrogen and oxygen atoms in total. The van der Waals surface area contributed by atoms with E-state index in [1.807, 2.05) is 19.1 Å². The van der Waals surface area contributed by atoms with Crippen LogP contribution in [-0.4, -0.2) is 18.9 Å². The number of allylic oxidation sites excluding steroid dienone is 4. The number of hydrogen-bond donors (Lipinski definition) is 0. The first-order valence-corrected chi connectivity index (χ1v) is 5.43. The van der Waals surface area contributed by atoms with Gasteiger partial charge >= 0.3 is 5.97 Å². The fraction of sp³-hybridized carbons (Fsp3) is 0.538. The number of hydrogen-bond acceptors (Lipinski definition) is 3. The minimum absolute atomic E-state index is 0.00935. The Balaban J connectivity index is 2.92. The van der Waals surface area contributed by atoms with E-state index in [0.717, 1.165) is 12.0 Å². The zero-order valence-electron chi connectivity index (χ0n) is 10.2. The predicted octanol–water partition coefficient (Wildman–Crippen LogP) is 2.28.